The van der Waals surface area contributed by atoms with Gasteiger partial charge in [0.05, 0.1) is 29.3 Å². The minimum atomic E-state index is -3.79. The van der Waals surface area contributed by atoms with Gasteiger partial charge in [-0.2, -0.15) is 8.75 Å². The molecule has 1 aliphatic heterocycles. The third kappa shape index (κ3) is 5.02. The van der Waals surface area contributed by atoms with Gasteiger partial charge in [0.1, 0.15) is 16.8 Å². The van der Waals surface area contributed by atoms with E-state index in [2.05, 4.69) is 13.5 Å². The zero-order chi connectivity index (χ0) is 29.5. The summed E-state index contributed by atoms with van der Waals surface area (Å²) in [5.41, 5.74) is 4.54. The van der Waals surface area contributed by atoms with Crippen molar-refractivity contribution in [3.05, 3.63) is 119 Å². The summed E-state index contributed by atoms with van der Waals surface area (Å²) in [4.78, 5) is 13.6. The first kappa shape index (κ1) is 27.6. The predicted molar refractivity (Wildman–Crippen MR) is 159 cm³/mol. The molecule has 1 aromatic heterocycles. The van der Waals surface area contributed by atoms with Gasteiger partial charge in [0.15, 0.2) is 0 Å². The summed E-state index contributed by atoms with van der Waals surface area (Å²) >= 11 is 1.07. The number of aryl methyl sites for hydroxylation is 1. The van der Waals surface area contributed by atoms with E-state index in [1.165, 1.54) is 7.11 Å². The lowest BCUT2D eigenvalue weighted by molar-refractivity contribution is -0.185. The van der Waals surface area contributed by atoms with Gasteiger partial charge in [-0.05, 0) is 78.2 Å². The van der Waals surface area contributed by atoms with Crippen molar-refractivity contribution < 1.29 is 27.8 Å². The first-order chi connectivity index (χ1) is 20.2. The molecule has 9 nitrogen and oxygen atoms in total. The second kappa shape index (κ2) is 10.7. The highest BCUT2D eigenvalue weighted by atomic mass is 32.2. The molecular formula is C31H25N3O6S2. The van der Waals surface area contributed by atoms with E-state index in [0.717, 1.165) is 17.3 Å². The van der Waals surface area contributed by atoms with Crippen LogP contribution in [0.2, 0.25) is 0 Å². The van der Waals surface area contributed by atoms with E-state index in [1.54, 1.807) is 97.9 Å². The Hall–Kier alpha value is -4.58. The zero-order valence-corrected chi connectivity index (χ0v) is 24.2. The standard InChI is InChI=1S/C31H25N3O6S2/c1-19-5-3-4-6-28(19)42(37,38)34-23-12-7-20(8-13-23)17-25-29(21-9-16-26-27(18-21)33-41-32-26)30(35)40-31(25,36)22-10-14-24(39-2)15-11-22/h3-16,18,34,36H,17H2,1-2H3. The number of nitrogens with one attached hydrogen (secondary N) is 1. The number of aliphatic hydroxyl groups is 1. The van der Waals surface area contributed by atoms with Crippen LogP contribution in [0.3, 0.4) is 0 Å². The third-order valence-corrected chi connectivity index (χ3v) is 9.25. The molecule has 1 aliphatic rings. The number of cyclic esters (lactones) is 1. The number of carbonyl (C=O) groups is 1. The maximum Gasteiger partial charge on any atom is 0.342 e. The van der Waals surface area contributed by atoms with E-state index in [1.807, 2.05) is 0 Å². The van der Waals surface area contributed by atoms with Gasteiger partial charge >= 0.3 is 5.97 Å². The normalized spacial score (nSPS) is 17.0. The minimum Gasteiger partial charge on any atom is -0.497 e. The topological polar surface area (TPSA) is 128 Å². The molecule has 0 saturated carbocycles. The van der Waals surface area contributed by atoms with Crippen LogP contribution < -0.4 is 9.46 Å². The maximum atomic E-state index is 13.4. The molecule has 4 aromatic carbocycles. The lowest BCUT2D eigenvalue weighted by atomic mass is 9.88. The summed E-state index contributed by atoms with van der Waals surface area (Å²) in [6.07, 6.45) is 0.141. The quantitative estimate of drug-likeness (QED) is 0.233. The highest BCUT2D eigenvalue weighted by Crippen LogP contribution is 2.45. The van der Waals surface area contributed by atoms with Crippen LogP contribution >= 0.6 is 11.7 Å². The molecule has 1 atom stereocenters. The van der Waals surface area contributed by atoms with Gasteiger partial charge in [0.25, 0.3) is 15.8 Å². The monoisotopic (exact) mass is 599 g/mol. The van der Waals surface area contributed by atoms with E-state index >= 15 is 0 Å². The highest BCUT2D eigenvalue weighted by molar-refractivity contribution is 7.92. The average molecular weight is 600 g/mol. The number of nitrogens with zero attached hydrogens (tertiary/aromatic N) is 2. The zero-order valence-electron chi connectivity index (χ0n) is 22.6. The molecule has 2 N–H and O–H groups in total. The number of ether oxygens (including phenoxy) is 2. The predicted octanol–water partition coefficient (Wildman–Crippen LogP) is 5.21. The van der Waals surface area contributed by atoms with Gasteiger partial charge in [-0.15, -0.1) is 0 Å². The van der Waals surface area contributed by atoms with Gasteiger partial charge in [0, 0.05) is 23.2 Å². The number of sulfonamides is 1. The van der Waals surface area contributed by atoms with Crippen molar-refractivity contribution in [2.45, 2.75) is 24.0 Å². The lowest BCUT2D eigenvalue weighted by Gasteiger charge is -2.26. The number of hydrogen-bond donors (Lipinski definition) is 2. The van der Waals surface area contributed by atoms with Crippen molar-refractivity contribution in [3.63, 3.8) is 0 Å². The molecule has 0 saturated heterocycles. The van der Waals surface area contributed by atoms with E-state index in [-0.39, 0.29) is 16.9 Å². The number of anilines is 1. The first-order valence-corrected chi connectivity index (χ1v) is 15.1. The second-order valence-corrected chi connectivity index (χ2v) is 12.0. The van der Waals surface area contributed by atoms with Crippen LogP contribution in [-0.4, -0.2) is 35.4 Å². The largest absolute Gasteiger partial charge is 0.497 e. The molecular weight excluding hydrogens is 574 g/mol. The van der Waals surface area contributed by atoms with Gasteiger partial charge in [-0.1, -0.05) is 36.4 Å². The lowest BCUT2D eigenvalue weighted by Crippen LogP contribution is -2.29. The van der Waals surface area contributed by atoms with E-state index in [0.29, 0.717) is 44.7 Å². The van der Waals surface area contributed by atoms with Crippen molar-refractivity contribution in [1.82, 2.24) is 8.75 Å². The summed E-state index contributed by atoms with van der Waals surface area (Å²) in [6, 6.07) is 25.4. The van der Waals surface area contributed by atoms with E-state index in [4.69, 9.17) is 9.47 Å². The van der Waals surface area contributed by atoms with Crippen molar-refractivity contribution in [3.8, 4) is 5.75 Å². The van der Waals surface area contributed by atoms with Crippen molar-refractivity contribution in [2.24, 2.45) is 0 Å². The number of esters is 1. The number of carbonyl (C=O) groups excluding carboxylic acids is 1. The van der Waals surface area contributed by atoms with Crippen LogP contribution in [0.4, 0.5) is 5.69 Å². The molecule has 1 unspecified atom stereocenters. The van der Waals surface area contributed by atoms with Crippen LogP contribution in [0, 0.1) is 6.92 Å². The number of rotatable bonds is 8. The summed E-state index contributed by atoms with van der Waals surface area (Å²) in [5.74, 6) is -2.13. The molecule has 0 amide bonds. The van der Waals surface area contributed by atoms with Crippen molar-refractivity contribution >= 4 is 50.0 Å². The number of aromatic nitrogens is 2. The summed E-state index contributed by atoms with van der Waals surface area (Å²) in [5, 5.41) is 11.9. The summed E-state index contributed by atoms with van der Waals surface area (Å²) < 4.78 is 48.0. The molecule has 42 heavy (non-hydrogen) atoms. The Morgan fingerprint density at radius 3 is 2.38 bits per heavy atom. The average Bonchev–Trinajstić information content (AvgIpc) is 3.55. The Balaban J connectivity index is 1.38. The smallest absolute Gasteiger partial charge is 0.342 e. The number of methoxy groups -OCH3 is 1. The number of hydrogen-bond acceptors (Lipinski definition) is 9. The Morgan fingerprint density at radius 2 is 1.67 bits per heavy atom. The summed E-state index contributed by atoms with van der Waals surface area (Å²) in [7, 11) is -2.25. The molecule has 2 heterocycles. The molecule has 0 spiro atoms. The minimum absolute atomic E-state index is 0.141. The fraction of sp³-hybridized carbons (Fsp3) is 0.129. The third-order valence-electron chi connectivity index (χ3n) is 7.15. The van der Waals surface area contributed by atoms with Crippen molar-refractivity contribution in [2.75, 3.05) is 11.8 Å². The Labute approximate surface area is 246 Å². The van der Waals surface area contributed by atoms with Crippen LogP contribution in [0.25, 0.3) is 16.6 Å². The Bertz CT molecular complexity index is 1950. The highest BCUT2D eigenvalue weighted by Gasteiger charge is 2.48. The fourth-order valence-corrected chi connectivity index (χ4v) is 6.81. The first-order valence-electron chi connectivity index (χ1n) is 12.9. The second-order valence-electron chi connectivity index (χ2n) is 9.83. The van der Waals surface area contributed by atoms with Gasteiger partial charge in [-0.25, -0.2) is 13.2 Å². The molecule has 0 aliphatic carbocycles. The van der Waals surface area contributed by atoms with Gasteiger partial charge < -0.3 is 14.6 Å². The van der Waals surface area contributed by atoms with Crippen LogP contribution in [0.5, 0.6) is 5.75 Å². The number of benzene rings is 4. The Kier molecular flexibility index (Phi) is 7.01. The molecule has 5 aromatic rings. The molecule has 0 bridgehead atoms. The Morgan fingerprint density at radius 1 is 0.952 bits per heavy atom. The van der Waals surface area contributed by atoms with Crippen LogP contribution in [0.15, 0.2) is 101 Å². The molecule has 6 rings (SSSR count). The van der Waals surface area contributed by atoms with E-state index in [9.17, 15) is 18.3 Å². The number of fused-ring (bicyclic) bond motifs is 1. The van der Waals surface area contributed by atoms with Crippen LogP contribution in [-0.2, 0) is 31.8 Å². The molecule has 0 fully saturated rings. The molecule has 11 heteroatoms. The van der Waals surface area contributed by atoms with Gasteiger partial charge in [0.2, 0.25) is 0 Å². The maximum absolute atomic E-state index is 13.4. The SMILES string of the molecule is COc1ccc(C2(O)OC(=O)C(c3ccc4nsnc4c3)=C2Cc2ccc(NS(=O)(=O)c3ccccc3C)cc2)cc1. The van der Waals surface area contributed by atoms with Gasteiger partial charge in [-0.3, -0.25) is 4.72 Å². The van der Waals surface area contributed by atoms with Crippen molar-refractivity contribution in [1.29, 1.82) is 0 Å². The van der Waals surface area contributed by atoms with Crippen LogP contribution in [0.1, 0.15) is 22.3 Å². The molecule has 212 valence electrons. The fourth-order valence-electron chi connectivity index (χ4n) is 4.99. The molecule has 0 radical (unpaired) electrons. The van der Waals surface area contributed by atoms with E-state index < -0.39 is 21.8 Å². The summed E-state index contributed by atoms with van der Waals surface area (Å²) in [6.45, 7) is 1.74.